The number of hydrogen-bond acceptors (Lipinski definition) is 7. The molecule has 0 bridgehead atoms. The topological polar surface area (TPSA) is 93.2 Å². The molecule has 9 heteroatoms. The second-order valence-electron chi connectivity index (χ2n) is 7.76. The summed E-state index contributed by atoms with van der Waals surface area (Å²) < 4.78 is 6.97. The largest absolute Gasteiger partial charge is 0.361 e. The predicted molar refractivity (Wildman–Crippen MR) is 112 cm³/mol. The van der Waals surface area contributed by atoms with Crippen LogP contribution in [0.2, 0.25) is 0 Å². The Kier molecular flexibility index (Phi) is 5.52. The van der Waals surface area contributed by atoms with Gasteiger partial charge in [-0.25, -0.2) is 4.68 Å². The lowest BCUT2D eigenvalue weighted by molar-refractivity contribution is -0.131. The molecule has 1 fully saturated rings. The number of anilines is 1. The molecule has 30 heavy (non-hydrogen) atoms. The predicted octanol–water partition coefficient (Wildman–Crippen LogP) is 2.17. The van der Waals surface area contributed by atoms with Gasteiger partial charge in [0.2, 0.25) is 5.91 Å². The summed E-state index contributed by atoms with van der Waals surface area (Å²) in [7, 11) is 0. The molecule has 1 amide bonds. The fourth-order valence-corrected chi connectivity index (χ4v) is 3.89. The van der Waals surface area contributed by atoms with Crippen molar-refractivity contribution in [3.8, 4) is 5.82 Å². The Balaban J connectivity index is 1.32. The van der Waals surface area contributed by atoms with Crippen LogP contribution < -0.4 is 4.90 Å². The van der Waals surface area contributed by atoms with Gasteiger partial charge in [0.05, 0.1) is 11.4 Å². The second-order valence-corrected chi connectivity index (χ2v) is 7.76. The summed E-state index contributed by atoms with van der Waals surface area (Å²) in [5, 5.41) is 17.1. The Hall–Kier alpha value is -3.23. The molecule has 0 aliphatic carbocycles. The highest BCUT2D eigenvalue weighted by molar-refractivity contribution is 5.76. The molecule has 0 atom stereocenters. The van der Waals surface area contributed by atoms with Gasteiger partial charge in [0, 0.05) is 43.9 Å². The van der Waals surface area contributed by atoms with E-state index in [1.165, 1.54) is 0 Å². The minimum atomic E-state index is 0.167. The molecular weight excluding hydrogens is 382 g/mol. The summed E-state index contributed by atoms with van der Waals surface area (Å²) >= 11 is 0. The van der Waals surface area contributed by atoms with Gasteiger partial charge in [-0.3, -0.25) is 4.79 Å². The van der Waals surface area contributed by atoms with E-state index in [4.69, 9.17) is 4.52 Å². The Morgan fingerprint density at radius 1 is 1.03 bits per heavy atom. The van der Waals surface area contributed by atoms with E-state index in [1.54, 1.807) is 4.68 Å². The van der Waals surface area contributed by atoms with E-state index in [9.17, 15) is 4.79 Å². The Morgan fingerprint density at radius 2 is 1.73 bits per heavy atom. The highest BCUT2D eigenvalue weighted by Gasteiger charge is 2.23. The lowest BCUT2D eigenvalue weighted by atomic mass is 10.1. The highest BCUT2D eigenvalue weighted by atomic mass is 16.5. The minimum absolute atomic E-state index is 0.167. The summed E-state index contributed by atoms with van der Waals surface area (Å²) in [6.45, 7) is 10.6. The molecule has 4 heterocycles. The van der Waals surface area contributed by atoms with Crippen LogP contribution in [0.15, 0.2) is 22.7 Å². The Labute approximate surface area is 175 Å². The van der Waals surface area contributed by atoms with Crippen LogP contribution in [-0.2, 0) is 11.2 Å². The van der Waals surface area contributed by atoms with Crippen molar-refractivity contribution in [1.29, 1.82) is 0 Å². The van der Waals surface area contributed by atoms with E-state index in [0.717, 1.165) is 47.3 Å². The minimum Gasteiger partial charge on any atom is -0.361 e. The third kappa shape index (κ3) is 4.05. The zero-order valence-electron chi connectivity index (χ0n) is 17.9. The molecule has 0 spiro atoms. The zero-order valence-corrected chi connectivity index (χ0v) is 17.9. The Bertz CT molecular complexity index is 1010. The number of nitrogens with zero attached hydrogens (tertiary/aromatic N) is 7. The lowest BCUT2D eigenvalue weighted by Gasteiger charge is -2.35. The van der Waals surface area contributed by atoms with Gasteiger partial charge in [-0.15, -0.1) is 10.2 Å². The lowest BCUT2D eigenvalue weighted by Crippen LogP contribution is -2.49. The number of aryl methyl sites for hydroxylation is 4. The molecule has 3 aromatic rings. The molecule has 0 saturated carbocycles. The second kappa shape index (κ2) is 8.25. The van der Waals surface area contributed by atoms with Crippen LogP contribution in [0.25, 0.3) is 5.82 Å². The molecule has 3 aromatic heterocycles. The summed E-state index contributed by atoms with van der Waals surface area (Å²) in [6, 6.07) is 5.91. The maximum absolute atomic E-state index is 12.6. The fraction of sp³-hybridized carbons (Fsp3) is 0.476. The Morgan fingerprint density at radius 3 is 2.30 bits per heavy atom. The first-order chi connectivity index (χ1) is 14.4. The molecule has 0 aromatic carbocycles. The molecule has 1 saturated heterocycles. The van der Waals surface area contributed by atoms with Gasteiger partial charge in [0.1, 0.15) is 5.76 Å². The van der Waals surface area contributed by atoms with E-state index >= 15 is 0 Å². The third-order valence-corrected chi connectivity index (χ3v) is 5.59. The first-order valence-electron chi connectivity index (χ1n) is 10.2. The molecule has 0 unspecified atom stereocenters. The monoisotopic (exact) mass is 409 g/mol. The maximum atomic E-state index is 12.6. The van der Waals surface area contributed by atoms with Crippen molar-refractivity contribution in [2.45, 2.75) is 40.5 Å². The number of hydrogen-bond donors (Lipinski definition) is 0. The number of carbonyl (C=O) groups is 1. The summed E-state index contributed by atoms with van der Waals surface area (Å²) in [4.78, 5) is 16.7. The van der Waals surface area contributed by atoms with Crippen LogP contribution in [0, 0.1) is 27.7 Å². The van der Waals surface area contributed by atoms with Gasteiger partial charge in [-0.2, -0.15) is 5.10 Å². The van der Waals surface area contributed by atoms with Crippen molar-refractivity contribution >= 4 is 11.7 Å². The van der Waals surface area contributed by atoms with Crippen molar-refractivity contribution < 1.29 is 9.32 Å². The number of piperazine rings is 1. The summed E-state index contributed by atoms with van der Waals surface area (Å²) in [5.41, 5.74) is 3.89. The van der Waals surface area contributed by atoms with Crippen molar-refractivity contribution in [3.05, 3.63) is 46.6 Å². The normalized spacial score (nSPS) is 14.4. The number of carbonyl (C=O) groups excluding carboxylic acids is 1. The van der Waals surface area contributed by atoms with Crippen LogP contribution in [0.4, 0.5) is 5.82 Å². The van der Waals surface area contributed by atoms with Gasteiger partial charge < -0.3 is 14.3 Å². The van der Waals surface area contributed by atoms with Gasteiger partial charge in [0.25, 0.3) is 0 Å². The highest BCUT2D eigenvalue weighted by Crippen LogP contribution is 2.18. The molecule has 1 aliphatic rings. The fourth-order valence-electron chi connectivity index (χ4n) is 3.89. The maximum Gasteiger partial charge on any atom is 0.223 e. The van der Waals surface area contributed by atoms with Gasteiger partial charge >= 0.3 is 0 Å². The van der Waals surface area contributed by atoms with Crippen LogP contribution >= 0.6 is 0 Å². The van der Waals surface area contributed by atoms with Crippen LogP contribution in [0.3, 0.4) is 0 Å². The molecule has 158 valence electrons. The average molecular weight is 409 g/mol. The zero-order chi connectivity index (χ0) is 21.3. The van der Waals surface area contributed by atoms with E-state index in [-0.39, 0.29) is 5.91 Å². The first-order valence-corrected chi connectivity index (χ1v) is 10.2. The van der Waals surface area contributed by atoms with Crippen LogP contribution in [0.1, 0.15) is 34.8 Å². The molecule has 9 nitrogen and oxygen atoms in total. The van der Waals surface area contributed by atoms with Gasteiger partial charge in [-0.1, -0.05) is 5.16 Å². The van der Waals surface area contributed by atoms with E-state index < -0.39 is 0 Å². The quantitative estimate of drug-likeness (QED) is 0.637. The molecule has 0 N–H and O–H groups in total. The van der Waals surface area contributed by atoms with Crippen molar-refractivity contribution in [2.24, 2.45) is 0 Å². The van der Waals surface area contributed by atoms with Crippen LogP contribution in [-0.4, -0.2) is 62.1 Å². The van der Waals surface area contributed by atoms with Crippen molar-refractivity contribution in [1.82, 2.24) is 30.0 Å². The number of amides is 1. The summed E-state index contributed by atoms with van der Waals surface area (Å²) in [5.74, 6) is 2.49. The van der Waals surface area contributed by atoms with Crippen molar-refractivity contribution in [3.63, 3.8) is 0 Å². The molecular formula is C21H27N7O2. The van der Waals surface area contributed by atoms with E-state index in [0.29, 0.717) is 31.7 Å². The van der Waals surface area contributed by atoms with Crippen molar-refractivity contribution in [2.75, 3.05) is 31.1 Å². The number of aromatic nitrogens is 5. The molecule has 1 aliphatic heterocycles. The molecule has 0 radical (unpaired) electrons. The summed E-state index contributed by atoms with van der Waals surface area (Å²) in [6.07, 6.45) is 1.14. The average Bonchev–Trinajstić information content (AvgIpc) is 3.26. The van der Waals surface area contributed by atoms with Gasteiger partial charge in [0.15, 0.2) is 11.6 Å². The smallest absolute Gasteiger partial charge is 0.223 e. The van der Waals surface area contributed by atoms with E-state index in [2.05, 4.69) is 25.4 Å². The third-order valence-electron chi connectivity index (χ3n) is 5.59. The first kappa shape index (κ1) is 20.1. The standard InChI is InChI=1S/C21H27N7O2/c1-14-13-15(2)28(24-14)20-7-6-19(22-23-20)26-9-11-27(12-10-26)21(29)8-5-18-16(3)25-30-17(18)4/h6-7,13H,5,8-12H2,1-4H3. The number of rotatable bonds is 5. The molecule has 4 rings (SSSR count). The van der Waals surface area contributed by atoms with Gasteiger partial charge in [-0.05, 0) is 52.3 Å². The van der Waals surface area contributed by atoms with Crippen LogP contribution in [0.5, 0.6) is 0 Å². The van der Waals surface area contributed by atoms with E-state index in [1.807, 2.05) is 50.8 Å². The SMILES string of the molecule is Cc1cc(C)n(-c2ccc(N3CCN(C(=O)CCc4c(C)noc4C)CC3)nn2)n1.